The molecule has 0 fully saturated rings. The van der Waals surface area contributed by atoms with Gasteiger partial charge in [-0.3, -0.25) is 0 Å². The number of nitrogens with one attached hydrogen (secondary N) is 1. The molecule has 0 spiro atoms. The van der Waals surface area contributed by atoms with Gasteiger partial charge in [-0.2, -0.15) is 4.98 Å². The number of aromatic nitrogens is 2. The van der Waals surface area contributed by atoms with Crippen molar-refractivity contribution in [1.82, 2.24) is 14.9 Å². The standard InChI is InChI=1S/C17H16FN3O3S/c1-12-5-4-7-13(9-12)17-20-16(24-21-17)10-19-25(22,23)11-14-6-2-3-8-15(14)18/h2-9,19H,10-11H2,1H3. The molecule has 0 aliphatic heterocycles. The van der Waals surface area contributed by atoms with E-state index in [2.05, 4.69) is 14.9 Å². The second kappa shape index (κ2) is 7.12. The molecule has 0 aliphatic carbocycles. The van der Waals surface area contributed by atoms with Gasteiger partial charge < -0.3 is 4.52 Å². The van der Waals surface area contributed by atoms with Gasteiger partial charge >= 0.3 is 0 Å². The van der Waals surface area contributed by atoms with Gasteiger partial charge in [0.2, 0.25) is 21.7 Å². The first-order valence-electron chi connectivity index (χ1n) is 7.53. The molecule has 0 unspecified atom stereocenters. The highest BCUT2D eigenvalue weighted by atomic mass is 32.2. The highest BCUT2D eigenvalue weighted by Gasteiger charge is 2.16. The molecule has 0 saturated heterocycles. The lowest BCUT2D eigenvalue weighted by Gasteiger charge is -2.05. The number of rotatable bonds is 6. The maximum Gasteiger partial charge on any atom is 0.242 e. The molecule has 0 radical (unpaired) electrons. The summed E-state index contributed by atoms with van der Waals surface area (Å²) in [5.41, 5.74) is 1.93. The van der Waals surface area contributed by atoms with Crippen LogP contribution in [0.4, 0.5) is 4.39 Å². The maximum atomic E-state index is 13.6. The van der Waals surface area contributed by atoms with Crippen LogP contribution in [0, 0.1) is 12.7 Å². The van der Waals surface area contributed by atoms with Crippen LogP contribution < -0.4 is 4.72 Å². The average molecular weight is 361 g/mol. The third kappa shape index (κ3) is 4.49. The van der Waals surface area contributed by atoms with Gasteiger partial charge in [-0.1, -0.05) is 47.1 Å². The average Bonchev–Trinajstić information content (AvgIpc) is 3.04. The lowest BCUT2D eigenvalue weighted by Crippen LogP contribution is -2.25. The van der Waals surface area contributed by atoms with Gasteiger partial charge in [-0.25, -0.2) is 17.5 Å². The van der Waals surface area contributed by atoms with Crippen LogP contribution >= 0.6 is 0 Å². The van der Waals surface area contributed by atoms with Crippen molar-refractivity contribution in [2.75, 3.05) is 0 Å². The smallest absolute Gasteiger partial charge is 0.242 e. The molecule has 0 aliphatic rings. The fourth-order valence-electron chi connectivity index (χ4n) is 2.27. The minimum Gasteiger partial charge on any atom is -0.338 e. The summed E-state index contributed by atoms with van der Waals surface area (Å²) in [6.45, 7) is 1.79. The van der Waals surface area contributed by atoms with Gasteiger partial charge in [0.05, 0.1) is 12.3 Å². The van der Waals surface area contributed by atoms with Gasteiger partial charge in [0.15, 0.2) is 0 Å². The number of benzene rings is 2. The molecule has 0 atom stereocenters. The van der Waals surface area contributed by atoms with E-state index in [1.54, 1.807) is 6.07 Å². The molecule has 1 N–H and O–H groups in total. The number of hydrogen-bond donors (Lipinski definition) is 1. The van der Waals surface area contributed by atoms with Gasteiger partial charge in [-0.15, -0.1) is 0 Å². The largest absolute Gasteiger partial charge is 0.338 e. The van der Waals surface area contributed by atoms with Crippen LogP contribution in [-0.2, 0) is 22.3 Å². The van der Waals surface area contributed by atoms with Gasteiger partial charge in [0, 0.05) is 11.1 Å². The van der Waals surface area contributed by atoms with E-state index in [0.717, 1.165) is 11.1 Å². The molecule has 0 saturated carbocycles. The van der Waals surface area contributed by atoms with Crippen LogP contribution in [0.15, 0.2) is 53.1 Å². The first-order valence-corrected chi connectivity index (χ1v) is 9.18. The summed E-state index contributed by atoms with van der Waals surface area (Å²) in [7, 11) is -3.74. The SMILES string of the molecule is Cc1cccc(-c2noc(CNS(=O)(=O)Cc3ccccc3F)n2)c1. The van der Waals surface area contributed by atoms with Gasteiger partial charge in [-0.05, 0) is 19.1 Å². The Kier molecular flexibility index (Phi) is 4.91. The first kappa shape index (κ1) is 17.2. The zero-order valence-corrected chi connectivity index (χ0v) is 14.3. The summed E-state index contributed by atoms with van der Waals surface area (Å²) in [6, 6.07) is 13.3. The summed E-state index contributed by atoms with van der Waals surface area (Å²) in [4.78, 5) is 4.17. The molecule has 8 heteroatoms. The van der Waals surface area contributed by atoms with E-state index in [-0.39, 0.29) is 18.0 Å². The Balaban J connectivity index is 1.66. The Labute approximate surface area is 144 Å². The zero-order chi connectivity index (χ0) is 17.9. The van der Waals surface area contributed by atoms with E-state index >= 15 is 0 Å². The number of hydrogen-bond acceptors (Lipinski definition) is 5. The van der Waals surface area contributed by atoms with Crippen molar-refractivity contribution in [3.05, 3.63) is 71.4 Å². The summed E-state index contributed by atoms with van der Waals surface area (Å²) >= 11 is 0. The molecule has 25 heavy (non-hydrogen) atoms. The Morgan fingerprint density at radius 3 is 2.72 bits per heavy atom. The molecule has 130 valence electrons. The maximum absolute atomic E-state index is 13.6. The highest BCUT2D eigenvalue weighted by Crippen LogP contribution is 2.17. The van der Waals surface area contributed by atoms with Crippen molar-refractivity contribution < 1.29 is 17.3 Å². The molecular formula is C17H16FN3O3S. The third-order valence-corrected chi connectivity index (χ3v) is 4.77. The molecule has 3 aromatic rings. The molecule has 1 aromatic heterocycles. The minimum absolute atomic E-state index is 0.0981. The van der Waals surface area contributed by atoms with Crippen molar-refractivity contribution in [3.63, 3.8) is 0 Å². The van der Waals surface area contributed by atoms with E-state index in [0.29, 0.717) is 5.82 Å². The summed E-state index contributed by atoms with van der Waals surface area (Å²) in [6.07, 6.45) is 0. The van der Waals surface area contributed by atoms with E-state index in [1.807, 2.05) is 31.2 Å². The van der Waals surface area contributed by atoms with Crippen LogP contribution in [0.1, 0.15) is 17.0 Å². The molecule has 3 rings (SSSR count). The zero-order valence-electron chi connectivity index (χ0n) is 13.4. The number of halogens is 1. The Hall–Kier alpha value is -2.58. The molecule has 0 bridgehead atoms. The number of aryl methyl sites for hydroxylation is 1. The van der Waals surface area contributed by atoms with Crippen LogP contribution in [0.2, 0.25) is 0 Å². The summed E-state index contributed by atoms with van der Waals surface area (Å²) < 4.78 is 45.1. The van der Waals surface area contributed by atoms with E-state index < -0.39 is 21.6 Å². The van der Waals surface area contributed by atoms with Crippen molar-refractivity contribution in [2.24, 2.45) is 0 Å². The second-order valence-corrected chi connectivity index (χ2v) is 7.36. The Morgan fingerprint density at radius 1 is 1.16 bits per heavy atom. The van der Waals surface area contributed by atoms with Crippen molar-refractivity contribution >= 4 is 10.0 Å². The van der Waals surface area contributed by atoms with Crippen molar-refractivity contribution in [1.29, 1.82) is 0 Å². The van der Waals surface area contributed by atoms with Crippen LogP contribution in [0.3, 0.4) is 0 Å². The summed E-state index contributed by atoms with van der Waals surface area (Å²) in [5, 5.41) is 3.85. The van der Waals surface area contributed by atoms with Gasteiger partial charge in [0.25, 0.3) is 0 Å². The monoisotopic (exact) mass is 361 g/mol. The van der Waals surface area contributed by atoms with E-state index in [1.165, 1.54) is 18.2 Å². The first-order chi connectivity index (χ1) is 11.9. The normalized spacial score (nSPS) is 11.6. The number of nitrogens with zero attached hydrogens (tertiary/aromatic N) is 2. The second-order valence-electron chi connectivity index (χ2n) is 5.55. The molecule has 0 amide bonds. The summed E-state index contributed by atoms with van der Waals surface area (Å²) in [5.74, 6) is -0.508. The fourth-order valence-corrected chi connectivity index (χ4v) is 3.36. The topological polar surface area (TPSA) is 85.1 Å². The van der Waals surface area contributed by atoms with E-state index in [9.17, 15) is 12.8 Å². The highest BCUT2D eigenvalue weighted by molar-refractivity contribution is 7.88. The van der Waals surface area contributed by atoms with Gasteiger partial charge in [0.1, 0.15) is 5.82 Å². The lowest BCUT2D eigenvalue weighted by molar-refractivity contribution is 0.376. The van der Waals surface area contributed by atoms with Crippen molar-refractivity contribution in [2.45, 2.75) is 19.2 Å². The van der Waals surface area contributed by atoms with E-state index in [4.69, 9.17) is 4.52 Å². The lowest BCUT2D eigenvalue weighted by atomic mass is 10.1. The van der Waals surface area contributed by atoms with Crippen LogP contribution in [-0.4, -0.2) is 18.6 Å². The Morgan fingerprint density at radius 2 is 1.96 bits per heavy atom. The molecule has 6 nitrogen and oxygen atoms in total. The van der Waals surface area contributed by atoms with Crippen molar-refractivity contribution in [3.8, 4) is 11.4 Å². The van der Waals surface area contributed by atoms with Crippen LogP contribution in [0.25, 0.3) is 11.4 Å². The predicted molar refractivity (Wildman–Crippen MR) is 90.3 cm³/mol. The molecule has 1 heterocycles. The molecule has 2 aromatic carbocycles. The fraction of sp³-hybridized carbons (Fsp3) is 0.176. The quantitative estimate of drug-likeness (QED) is 0.730. The molecular weight excluding hydrogens is 345 g/mol. The number of sulfonamides is 1. The Bertz CT molecular complexity index is 986. The minimum atomic E-state index is -3.74. The third-order valence-electron chi connectivity index (χ3n) is 3.49. The van der Waals surface area contributed by atoms with Crippen LogP contribution in [0.5, 0.6) is 0 Å². The predicted octanol–water partition coefficient (Wildman–Crippen LogP) is 2.80.